The summed E-state index contributed by atoms with van der Waals surface area (Å²) in [7, 11) is 3.80. The van der Waals surface area contributed by atoms with Crippen LogP contribution in [0.1, 0.15) is 17.1 Å². The molecule has 0 atom stereocenters. The molecule has 2 heterocycles. The molecule has 3 rings (SSSR count). The minimum absolute atomic E-state index is 0.186. The SMILES string of the molecule is Cc1cc(CNC(=O)NCCc2nn(C)c3ccccc23)n(C)n1. The van der Waals surface area contributed by atoms with E-state index in [4.69, 9.17) is 0 Å². The molecule has 0 saturated carbocycles. The second-order valence-electron chi connectivity index (χ2n) is 5.85. The van der Waals surface area contributed by atoms with Crippen molar-refractivity contribution in [2.45, 2.75) is 19.9 Å². The van der Waals surface area contributed by atoms with Crippen molar-refractivity contribution in [2.75, 3.05) is 6.54 Å². The molecule has 2 amide bonds. The Morgan fingerprint density at radius 1 is 1.12 bits per heavy atom. The number of fused-ring (bicyclic) bond motifs is 1. The molecule has 2 aromatic heterocycles. The van der Waals surface area contributed by atoms with Crippen molar-refractivity contribution in [3.05, 3.63) is 47.4 Å². The van der Waals surface area contributed by atoms with Crippen molar-refractivity contribution in [1.82, 2.24) is 30.2 Å². The number of aryl methyl sites for hydroxylation is 3. The van der Waals surface area contributed by atoms with Gasteiger partial charge in [-0.15, -0.1) is 0 Å². The molecule has 0 aliphatic carbocycles. The van der Waals surface area contributed by atoms with Crippen LogP contribution in [0.5, 0.6) is 0 Å². The number of amides is 2. The van der Waals surface area contributed by atoms with E-state index in [1.165, 1.54) is 0 Å². The van der Waals surface area contributed by atoms with Crippen LogP contribution in [0.2, 0.25) is 0 Å². The van der Waals surface area contributed by atoms with Gasteiger partial charge in [0.05, 0.1) is 29.1 Å². The van der Waals surface area contributed by atoms with E-state index in [1.54, 1.807) is 4.68 Å². The number of carbonyl (C=O) groups excluding carboxylic acids is 1. The number of hydrogen-bond donors (Lipinski definition) is 2. The number of para-hydroxylation sites is 1. The molecule has 0 aliphatic rings. The van der Waals surface area contributed by atoms with Crippen LogP contribution in [0.25, 0.3) is 10.9 Å². The summed E-state index contributed by atoms with van der Waals surface area (Å²) in [6.07, 6.45) is 0.694. The van der Waals surface area contributed by atoms with Gasteiger partial charge in [0, 0.05) is 32.4 Å². The predicted molar refractivity (Wildman–Crippen MR) is 92.6 cm³/mol. The average molecular weight is 326 g/mol. The largest absolute Gasteiger partial charge is 0.338 e. The first-order valence-corrected chi connectivity index (χ1v) is 7.96. The van der Waals surface area contributed by atoms with Gasteiger partial charge in [0.25, 0.3) is 0 Å². The van der Waals surface area contributed by atoms with Gasteiger partial charge in [0.2, 0.25) is 0 Å². The fraction of sp³-hybridized carbons (Fsp3) is 0.353. The number of aromatic nitrogens is 4. The Balaban J connectivity index is 1.50. The molecule has 0 saturated heterocycles. The van der Waals surface area contributed by atoms with Crippen LogP contribution in [0, 0.1) is 6.92 Å². The first kappa shape index (κ1) is 16.0. The van der Waals surface area contributed by atoms with Crippen molar-refractivity contribution in [3.8, 4) is 0 Å². The maximum absolute atomic E-state index is 11.9. The Labute approximate surface area is 140 Å². The topological polar surface area (TPSA) is 76.8 Å². The summed E-state index contributed by atoms with van der Waals surface area (Å²) in [6, 6.07) is 9.88. The van der Waals surface area contributed by atoms with Gasteiger partial charge in [-0.3, -0.25) is 9.36 Å². The minimum atomic E-state index is -0.186. The molecule has 1 aromatic carbocycles. The van der Waals surface area contributed by atoms with Crippen LogP contribution >= 0.6 is 0 Å². The highest BCUT2D eigenvalue weighted by molar-refractivity contribution is 5.82. The van der Waals surface area contributed by atoms with E-state index in [-0.39, 0.29) is 6.03 Å². The van der Waals surface area contributed by atoms with E-state index < -0.39 is 0 Å². The smallest absolute Gasteiger partial charge is 0.315 e. The van der Waals surface area contributed by atoms with Crippen LogP contribution in [0.15, 0.2) is 30.3 Å². The second kappa shape index (κ2) is 6.74. The maximum Gasteiger partial charge on any atom is 0.315 e. The summed E-state index contributed by atoms with van der Waals surface area (Å²) in [5.74, 6) is 0. The van der Waals surface area contributed by atoms with Gasteiger partial charge >= 0.3 is 6.03 Å². The molecule has 0 fully saturated rings. The highest BCUT2D eigenvalue weighted by Crippen LogP contribution is 2.17. The van der Waals surface area contributed by atoms with E-state index in [0.717, 1.165) is 28.0 Å². The van der Waals surface area contributed by atoms with E-state index >= 15 is 0 Å². The summed E-state index contributed by atoms with van der Waals surface area (Å²) in [6.45, 7) is 2.92. The van der Waals surface area contributed by atoms with Crippen molar-refractivity contribution in [3.63, 3.8) is 0 Å². The van der Waals surface area contributed by atoms with Gasteiger partial charge in [0.1, 0.15) is 0 Å². The highest BCUT2D eigenvalue weighted by Gasteiger charge is 2.09. The van der Waals surface area contributed by atoms with Gasteiger partial charge in [-0.25, -0.2) is 4.79 Å². The number of hydrogen-bond acceptors (Lipinski definition) is 3. The average Bonchev–Trinajstić information content (AvgIpc) is 3.05. The summed E-state index contributed by atoms with van der Waals surface area (Å²) in [4.78, 5) is 11.9. The van der Waals surface area contributed by atoms with E-state index in [1.807, 2.05) is 50.0 Å². The third-order valence-corrected chi connectivity index (χ3v) is 4.01. The van der Waals surface area contributed by atoms with E-state index in [2.05, 4.69) is 26.9 Å². The molecule has 0 spiro atoms. The van der Waals surface area contributed by atoms with Gasteiger partial charge in [0.15, 0.2) is 0 Å². The van der Waals surface area contributed by atoms with Crippen LogP contribution in [-0.2, 0) is 27.1 Å². The maximum atomic E-state index is 11.9. The van der Waals surface area contributed by atoms with Gasteiger partial charge in [-0.2, -0.15) is 10.2 Å². The summed E-state index contributed by atoms with van der Waals surface area (Å²) < 4.78 is 3.64. The number of nitrogens with zero attached hydrogens (tertiary/aromatic N) is 4. The lowest BCUT2D eigenvalue weighted by molar-refractivity contribution is 0.240. The molecule has 0 radical (unpaired) electrons. The van der Waals surface area contributed by atoms with Crippen molar-refractivity contribution in [1.29, 1.82) is 0 Å². The van der Waals surface area contributed by atoms with Crippen molar-refractivity contribution >= 4 is 16.9 Å². The third-order valence-electron chi connectivity index (χ3n) is 4.01. The van der Waals surface area contributed by atoms with Crippen LogP contribution in [0.3, 0.4) is 0 Å². The van der Waals surface area contributed by atoms with Gasteiger partial charge < -0.3 is 10.6 Å². The van der Waals surface area contributed by atoms with Crippen LogP contribution in [0.4, 0.5) is 4.79 Å². The highest BCUT2D eigenvalue weighted by atomic mass is 16.2. The first-order chi connectivity index (χ1) is 11.5. The fourth-order valence-electron chi connectivity index (χ4n) is 2.83. The summed E-state index contributed by atoms with van der Waals surface area (Å²) >= 11 is 0. The Bertz CT molecular complexity index is 863. The Hall–Kier alpha value is -2.83. The predicted octanol–water partition coefficient (Wildman–Crippen LogP) is 1.66. The summed E-state index contributed by atoms with van der Waals surface area (Å²) in [5, 5.41) is 15.6. The number of benzene rings is 1. The molecule has 126 valence electrons. The lowest BCUT2D eigenvalue weighted by atomic mass is 10.2. The second-order valence-corrected chi connectivity index (χ2v) is 5.85. The Morgan fingerprint density at radius 2 is 1.92 bits per heavy atom. The fourth-order valence-corrected chi connectivity index (χ4v) is 2.83. The molecule has 0 aliphatic heterocycles. The monoisotopic (exact) mass is 326 g/mol. The lowest BCUT2D eigenvalue weighted by Gasteiger charge is -2.07. The number of carbonyl (C=O) groups is 1. The molecular formula is C17H22N6O. The normalized spacial score (nSPS) is 11.0. The molecular weight excluding hydrogens is 304 g/mol. The molecule has 0 unspecified atom stereocenters. The zero-order valence-electron chi connectivity index (χ0n) is 14.2. The molecule has 24 heavy (non-hydrogen) atoms. The molecule has 0 bridgehead atoms. The van der Waals surface area contributed by atoms with Gasteiger partial charge in [-0.1, -0.05) is 18.2 Å². The molecule has 7 heteroatoms. The minimum Gasteiger partial charge on any atom is -0.338 e. The number of nitrogens with one attached hydrogen (secondary N) is 2. The van der Waals surface area contributed by atoms with Crippen LogP contribution < -0.4 is 10.6 Å². The first-order valence-electron chi connectivity index (χ1n) is 7.96. The van der Waals surface area contributed by atoms with Crippen molar-refractivity contribution < 1.29 is 4.79 Å². The summed E-state index contributed by atoms with van der Waals surface area (Å²) in [5.41, 5.74) is 4.01. The van der Waals surface area contributed by atoms with Crippen molar-refractivity contribution in [2.24, 2.45) is 14.1 Å². The number of urea groups is 1. The zero-order chi connectivity index (χ0) is 17.1. The number of rotatable bonds is 5. The zero-order valence-corrected chi connectivity index (χ0v) is 14.2. The third kappa shape index (κ3) is 3.40. The molecule has 7 nitrogen and oxygen atoms in total. The Kier molecular flexibility index (Phi) is 4.50. The van der Waals surface area contributed by atoms with Gasteiger partial charge in [-0.05, 0) is 19.1 Å². The Morgan fingerprint density at radius 3 is 2.67 bits per heavy atom. The standard InChI is InChI=1S/C17H22N6O/c1-12-10-13(22(2)20-12)11-19-17(24)18-9-8-15-14-6-4-5-7-16(14)23(3)21-15/h4-7,10H,8-9,11H2,1-3H3,(H2,18,19,24). The van der Waals surface area contributed by atoms with E-state index in [0.29, 0.717) is 19.5 Å². The molecule has 3 aromatic rings. The van der Waals surface area contributed by atoms with E-state index in [9.17, 15) is 4.79 Å². The van der Waals surface area contributed by atoms with Crippen LogP contribution in [-0.4, -0.2) is 32.1 Å². The quantitative estimate of drug-likeness (QED) is 0.748. The molecule has 2 N–H and O–H groups in total. The lowest BCUT2D eigenvalue weighted by Crippen LogP contribution is -2.36.